The van der Waals surface area contributed by atoms with E-state index in [-0.39, 0.29) is 12.0 Å². The van der Waals surface area contributed by atoms with Gasteiger partial charge in [-0.25, -0.2) is 14.3 Å². The summed E-state index contributed by atoms with van der Waals surface area (Å²) < 4.78 is 8.31. The maximum atomic E-state index is 12.2. The van der Waals surface area contributed by atoms with Crippen molar-refractivity contribution in [2.24, 2.45) is 0 Å². The molecule has 0 aliphatic carbocycles. The van der Waals surface area contributed by atoms with E-state index in [0.717, 1.165) is 21.2 Å². The van der Waals surface area contributed by atoms with Crippen LogP contribution < -0.4 is 5.73 Å². The van der Waals surface area contributed by atoms with Gasteiger partial charge in [-0.2, -0.15) is 5.10 Å². The van der Waals surface area contributed by atoms with Crippen LogP contribution >= 0.6 is 22.6 Å². The van der Waals surface area contributed by atoms with Gasteiger partial charge in [0.05, 0.1) is 0 Å². The molecule has 1 saturated heterocycles. The van der Waals surface area contributed by atoms with Gasteiger partial charge in [-0.1, -0.05) is 0 Å². The van der Waals surface area contributed by atoms with Crippen molar-refractivity contribution in [3.8, 4) is 0 Å². The van der Waals surface area contributed by atoms with Gasteiger partial charge in [0.2, 0.25) is 0 Å². The van der Waals surface area contributed by atoms with Crippen LogP contribution in [0.5, 0.6) is 0 Å². The first-order valence-electron chi connectivity index (χ1n) is 7.52. The monoisotopic (exact) mass is 429 g/mol. The van der Waals surface area contributed by atoms with Crippen molar-refractivity contribution in [3.05, 3.63) is 21.7 Å². The van der Waals surface area contributed by atoms with Gasteiger partial charge < -0.3 is 15.4 Å². The molecule has 1 atom stereocenters. The molecule has 2 aromatic heterocycles. The number of carbonyl (C=O) groups is 1. The number of halogens is 1. The number of nitrogens with zero attached hydrogens (tertiary/aromatic N) is 4. The fourth-order valence-corrected chi connectivity index (χ4v) is 3.65. The molecule has 0 radical (unpaired) electrons. The predicted octanol–water partition coefficient (Wildman–Crippen LogP) is 2.64. The molecule has 0 bridgehead atoms. The predicted molar refractivity (Wildman–Crippen MR) is 95.3 cm³/mol. The van der Waals surface area contributed by atoms with Crippen LogP contribution in [-0.2, 0) is 4.74 Å². The van der Waals surface area contributed by atoms with Crippen LogP contribution in [0.3, 0.4) is 0 Å². The molecule has 3 rings (SSSR count). The third-order valence-corrected chi connectivity index (χ3v) is 4.64. The average molecular weight is 429 g/mol. The number of nitrogen functional groups attached to an aromatic ring is 1. The van der Waals surface area contributed by atoms with E-state index in [1.807, 2.05) is 25.3 Å². The highest BCUT2D eigenvalue weighted by molar-refractivity contribution is 14.1. The van der Waals surface area contributed by atoms with Crippen LogP contribution in [-0.4, -0.2) is 44.3 Å². The Balaban J connectivity index is 1.83. The molecular formula is C15H20IN5O2. The van der Waals surface area contributed by atoms with Gasteiger partial charge in [-0.15, -0.1) is 0 Å². The van der Waals surface area contributed by atoms with E-state index in [2.05, 4.69) is 38.7 Å². The van der Waals surface area contributed by atoms with E-state index in [1.54, 1.807) is 4.90 Å². The quantitative estimate of drug-likeness (QED) is 0.705. The van der Waals surface area contributed by atoms with E-state index in [4.69, 9.17) is 10.5 Å². The third-order valence-electron chi connectivity index (χ3n) is 3.82. The third kappa shape index (κ3) is 3.22. The molecule has 0 spiro atoms. The van der Waals surface area contributed by atoms with E-state index >= 15 is 0 Å². The molecule has 1 fully saturated rings. The van der Waals surface area contributed by atoms with Crippen LogP contribution in [0, 0.1) is 3.57 Å². The minimum Gasteiger partial charge on any atom is -0.444 e. The number of hydrogen-bond acceptors (Lipinski definition) is 5. The van der Waals surface area contributed by atoms with E-state index < -0.39 is 5.60 Å². The average Bonchev–Trinajstić information content (AvgIpc) is 3.02. The fourth-order valence-electron chi connectivity index (χ4n) is 2.83. The van der Waals surface area contributed by atoms with Crippen molar-refractivity contribution in [2.45, 2.75) is 38.7 Å². The molecule has 1 aliphatic heterocycles. The summed E-state index contributed by atoms with van der Waals surface area (Å²) in [7, 11) is 0. The molecule has 3 heterocycles. The summed E-state index contributed by atoms with van der Waals surface area (Å²) in [5.74, 6) is 0.686. The van der Waals surface area contributed by atoms with E-state index in [1.165, 1.54) is 6.33 Å². The van der Waals surface area contributed by atoms with Crippen LogP contribution in [0.4, 0.5) is 10.6 Å². The standard InChI is InChI=1S/C15H20IN5O2/c1-15(2,3)23-14(22)20-5-4-9(7-20)11-6-10(16)12-13(17)18-8-19-21(11)12/h6,8-9H,4-5,7H2,1-3H3,(H2,17,18,19). The van der Waals surface area contributed by atoms with Crippen molar-refractivity contribution in [3.63, 3.8) is 0 Å². The molecule has 0 aromatic carbocycles. The van der Waals surface area contributed by atoms with Gasteiger partial charge in [-0.05, 0) is 55.8 Å². The van der Waals surface area contributed by atoms with Crippen LogP contribution in [0.25, 0.3) is 5.52 Å². The largest absolute Gasteiger partial charge is 0.444 e. The summed E-state index contributed by atoms with van der Waals surface area (Å²) in [5, 5.41) is 4.32. The fraction of sp³-hybridized carbons (Fsp3) is 0.533. The molecule has 1 unspecified atom stereocenters. The SMILES string of the molecule is CC(C)(C)OC(=O)N1CCC(c2cc(I)c3c(N)ncnn23)C1. The lowest BCUT2D eigenvalue weighted by Crippen LogP contribution is -2.35. The first-order chi connectivity index (χ1) is 10.8. The van der Waals surface area contributed by atoms with E-state index in [9.17, 15) is 4.79 Å². The molecule has 2 aromatic rings. The van der Waals surface area contributed by atoms with Gasteiger partial charge >= 0.3 is 6.09 Å². The molecule has 23 heavy (non-hydrogen) atoms. The van der Waals surface area contributed by atoms with E-state index in [0.29, 0.717) is 18.9 Å². The number of amides is 1. The second-order valence-corrected chi connectivity index (χ2v) is 7.90. The molecular weight excluding hydrogens is 409 g/mol. The first kappa shape index (κ1) is 16.3. The Morgan fingerprint density at radius 1 is 1.48 bits per heavy atom. The zero-order chi connectivity index (χ0) is 16.8. The van der Waals surface area contributed by atoms with Gasteiger partial charge in [0.25, 0.3) is 0 Å². The molecule has 2 N–H and O–H groups in total. The van der Waals surface area contributed by atoms with Crippen LogP contribution in [0.15, 0.2) is 12.4 Å². The molecule has 1 aliphatic rings. The Bertz CT molecular complexity index is 752. The van der Waals surface area contributed by atoms with Gasteiger partial charge in [0, 0.05) is 28.3 Å². The van der Waals surface area contributed by atoms with Crippen LogP contribution in [0.1, 0.15) is 38.8 Å². The number of carbonyl (C=O) groups excluding carboxylic acids is 1. The Morgan fingerprint density at radius 3 is 2.91 bits per heavy atom. The number of nitrogens with two attached hydrogens (primary N) is 1. The van der Waals surface area contributed by atoms with Crippen molar-refractivity contribution in [1.82, 2.24) is 19.5 Å². The number of fused-ring (bicyclic) bond motifs is 1. The van der Waals surface area contributed by atoms with Gasteiger partial charge in [0.15, 0.2) is 5.82 Å². The number of hydrogen-bond donors (Lipinski definition) is 1. The lowest BCUT2D eigenvalue weighted by atomic mass is 10.1. The highest BCUT2D eigenvalue weighted by Gasteiger charge is 2.32. The Morgan fingerprint density at radius 2 is 2.22 bits per heavy atom. The molecule has 124 valence electrons. The van der Waals surface area contributed by atoms with Crippen molar-refractivity contribution >= 4 is 40.0 Å². The van der Waals surface area contributed by atoms with Crippen LogP contribution in [0.2, 0.25) is 0 Å². The first-order valence-corrected chi connectivity index (χ1v) is 8.59. The second kappa shape index (κ2) is 5.81. The zero-order valence-electron chi connectivity index (χ0n) is 13.4. The summed E-state index contributed by atoms with van der Waals surface area (Å²) in [5.41, 5.74) is 7.37. The summed E-state index contributed by atoms with van der Waals surface area (Å²) in [6.07, 6.45) is 2.08. The number of aromatic nitrogens is 3. The maximum Gasteiger partial charge on any atom is 0.410 e. The number of likely N-dealkylation sites (tertiary alicyclic amines) is 1. The minimum absolute atomic E-state index is 0.216. The van der Waals surface area contributed by atoms with Crippen molar-refractivity contribution in [2.75, 3.05) is 18.8 Å². The lowest BCUT2D eigenvalue weighted by molar-refractivity contribution is 0.0292. The summed E-state index contributed by atoms with van der Waals surface area (Å²) in [6, 6.07) is 2.07. The second-order valence-electron chi connectivity index (χ2n) is 6.73. The normalized spacial score (nSPS) is 18.6. The summed E-state index contributed by atoms with van der Waals surface area (Å²) in [6.45, 7) is 6.94. The molecule has 8 heteroatoms. The summed E-state index contributed by atoms with van der Waals surface area (Å²) in [4.78, 5) is 18.0. The van der Waals surface area contributed by atoms with Gasteiger partial charge in [0.1, 0.15) is 17.4 Å². The number of ether oxygens (including phenoxy) is 1. The maximum absolute atomic E-state index is 12.2. The van der Waals surface area contributed by atoms with Gasteiger partial charge in [-0.3, -0.25) is 0 Å². The molecule has 7 nitrogen and oxygen atoms in total. The highest BCUT2D eigenvalue weighted by atomic mass is 127. The number of rotatable bonds is 1. The number of anilines is 1. The smallest absolute Gasteiger partial charge is 0.410 e. The molecule has 1 amide bonds. The van der Waals surface area contributed by atoms with Crippen molar-refractivity contribution < 1.29 is 9.53 Å². The Labute approximate surface area is 148 Å². The zero-order valence-corrected chi connectivity index (χ0v) is 15.6. The minimum atomic E-state index is -0.478. The summed E-state index contributed by atoms with van der Waals surface area (Å²) >= 11 is 2.24. The van der Waals surface area contributed by atoms with Crippen molar-refractivity contribution in [1.29, 1.82) is 0 Å². The lowest BCUT2D eigenvalue weighted by Gasteiger charge is -2.24. The topological polar surface area (TPSA) is 85.8 Å². The Kier molecular flexibility index (Phi) is 4.11. The molecule has 0 saturated carbocycles. The highest BCUT2D eigenvalue weighted by Crippen LogP contribution is 2.32. The Hall–Kier alpha value is -1.58.